The number of thiazole rings is 1. The van der Waals surface area contributed by atoms with Gasteiger partial charge in [0.25, 0.3) is 0 Å². The van der Waals surface area contributed by atoms with Crippen molar-refractivity contribution in [1.29, 1.82) is 0 Å². The fourth-order valence-corrected chi connectivity index (χ4v) is 4.86. The van der Waals surface area contributed by atoms with Crippen LogP contribution in [0, 0.1) is 17.8 Å². The van der Waals surface area contributed by atoms with Gasteiger partial charge in [0.2, 0.25) is 17.7 Å². The highest BCUT2D eigenvalue weighted by Gasteiger charge is 2.36. The number of esters is 1. The number of aromatic nitrogens is 1. The highest BCUT2D eigenvalue weighted by molar-refractivity contribution is 7.13. The summed E-state index contributed by atoms with van der Waals surface area (Å²) in [4.78, 5) is 66.8. The van der Waals surface area contributed by atoms with E-state index in [1.807, 2.05) is 13.8 Å². The van der Waals surface area contributed by atoms with E-state index < -0.39 is 47.7 Å². The molecule has 0 unspecified atom stereocenters. The van der Waals surface area contributed by atoms with Crippen molar-refractivity contribution in [3.63, 3.8) is 0 Å². The van der Waals surface area contributed by atoms with Crippen LogP contribution in [0.2, 0.25) is 0 Å². The van der Waals surface area contributed by atoms with Crippen molar-refractivity contribution in [3.8, 4) is 0 Å². The molecule has 1 aromatic heterocycles. The van der Waals surface area contributed by atoms with E-state index in [0.717, 1.165) is 11.3 Å². The lowest BCUT2D eigenvalue weighted by Gasteiger charge is -2.28. The number of hydrogen-bond acceptors (Lipinski definition) is 10. The molecule has 1 aromatic rings. The Morgan fingerprint density at radius 1 is 1.21 bits per heavy atom. The van der Waals surface area contributed by atoms with Crippen LogP contribution in [0.3, 0.4) is 0 Å². The highest BCUT2D eigenvalue weighted by atomic mass is 32.1. The predicted molar refractivity (Wildman–Crippen MR) is 137 cm³/mol. The first kappa shape index (κ1) is 31.0. The van der Waals surface area contributed by atoms with Crippen LogP contribution in [0.25, 0.3) is 0 Å². The Labute approximate surface area is 225 Å². The third kappa shape index (κ3) is 10.2. The van der Waals surface area contributed by atoms with Gasteiger partial charge in [-0.2, -0.15) is 0 Å². The van der Waals surface area contributed by atoms with E-state index in [2.05, 4.69) is 25.7 Å². The molecule has 0 aliphatic carbocycles. The Balaban J connectivity index is 2.26. The van der Waals surface area contributed by atoms with Gasteiger partial charge >= 0.3 is 12.1 Å². The van der Waals surface area contributed by atoms with Crippen molar-refractivity contribution in [2.24, 2.45) is 17.8 Å². The van der Waals surface area contributed by atoms with Crippen LogP contribution >= 0.6 is 11.3 Å². The Hall–Kier alpha value is -3.26. The van der Waals surface area contributed by atoms with Gasteiger partial charge < -0.3 is 25.4 Å². The number of carbonyl (C=O) groups excluding carboxylic acids is 5. The molecule has 212 valence electrons. The third-order valence-electron chi connectivity index (χ3n) is 6.04. The summed E-state index contributed by atoms with van der Waals surface area (Å²) in [7, 11) is 1.27. The minimum atomic E-state index is -0.944. The Morgan fingerprint density at radius 3 is 2.66 bits per heavy atom. The number of rotatable bonds is 7. The molecule has 0 bridgehead atoms. The maximum atomic E-state index is 13.5. The molecule has 1 saturated heterocycles. The number of cyclic esters (lactones) is 1. The van der Waals surface area contributed by atoms with Crippen LogP contribution in [-0.2, 0) is 35.1 Å². The molecule has 0 saturated carbocycles. The van der Waals surface area contributed by atoms with Crippen molar-refractivity contribution in [1.82, 2.24) is 21.1 Å². The number of nitrogens with zero attached hydrogens (tertiary/aromatic N) is 1. The van der Waals surface area contributed by atoms with Crippen molar-refractivity contribution >= 4 is 46.3 Å². The summed E-state index contributed by atoms with van der Waals surface area (Å²) in [5.41, 5.74) is 2.08. The van der Waals surface area contributed by atoms with Gasteiger partial charge in [0.05, 0.1) is 31.7 Å². The second-order valence-electron chi connectivity index (χ2n) is 9.47. The summed E-state index contributed by atoms with van der Waals surface area (Å²) >= 11 is 1.14. The minimum Gasteiger partial charge on any atom is -0.469 e. The lowest BCUT2D eigenvalue weighted by molar-refractivity contribution is -0.142. The van der Waals surface area contributed by atoms with Gasteiger partial charge in [-0.25, -0.2) is 15.3 Å². The second kappa shape index (κ2) is 15.9. The van der Waals surface area contributed by atoms with E-state index in [4.69, 9.17) is 4.74 Å². The molecule has 38 heavy (non-hydrogen) atoms. The maximum Gasteiger partial charge on any atom is 0.407 e. The van der Waals surface area contributed by atoms with Crippen LogP contribution in [0.4, 0.5) is 9.93 Å². The normalized spacial score (nSPS) is 21.7. The van der Waals surface area contributed by atoms with E-state index >= 15 is 0 Å². The van der Waals surface area contributed by atoms with Crippen LogP contribution in [0.15, 0.2) is 5.38 Å². The summed E-state index contributed by atoms with van der Waals surface area (Å²) in [6.45, 7) is 4.19. The summed E-state index contributed by atoms with van der Waals surface area (Å²) < 4.78 is 9.77. The minimum absolute atomic E-state index is 0.0380. The number of alkyl carbamates (subject to hydrolysis) is 1. The number of nitrogens with one attached hydrogen (secondary N) is 4. The molecule has 0 spiro atoms. The van der Waals surface area contributed by atoms with Crippen LogP contribution < -0.4 is 21.4 Å². The number of amides is 4. The molecule has 2 heterocycles. The first-order valence-electron chi connectivity index (χ1n) is 12.6. The number of carbonyl (C=O) groups is 5. The highest BCUT2D eigenvalue weighted by Crippen LogP contribution is 2.26. The Kier molecular flexibility index (Phi) is 12.9. The van der Waals surface area contributed by atoms with Gasteiger partial charge in [-0.05, 0) is 44.4 Å². The number of anilines is 1. The number of methoxy groups -OCH3 is 1. The average molecular weight is 556 g/mol. The molecular weight excluding hydrogens is 518 g/mol. The standard InChI is InChI=1S/C24H37N5O8S/c1-14(2)11-17-16(21(32)29-35)7-6-10-37-24(34)25-9-5-4-8-18(27-20(17)31)22(33)28-23-26-15(13-38-23)12-19(30)36-3/h13-14,16-18,35H,4-12H2,1-3H3,(H,25,34)(H,27,31)(H,29,32)(H,26,28,33)/t16-,17+,18-/m0/s1. The molecule has 0 aromatic carbocycles. The van der Waals surface area contributed by atoms with Gasteiger partial charge in [0, 0.05) is 17.8 Å². The van der Waals surface area contributed by atoms with Crippen molar-refractivity contribution in [2.45, 2.75) is 64.8 Å². The quantitative estimate of drug-likeness (QED) is 0.190. The summed E-state index contributed by atoms with van der Waals surface area (Å²) in [5.74, 6) is -3.85. The summed E-state index contributed by atoms with van der Waals surface area (Å²) in [6, 6.07) is -0.944. The molecule has 1 fully saturated rings. The Morgan fingerprint density at radius 2 is 1.97 bits per heavy atom. The fourth-order valence-electron chi connectivity index (χ4n) is 4.15. The van der Waals surface area contributed by atoms with Crippen LogP contribution in [-0.4, -0.2) is 66.3 Å². The topological polar surface area (TPSA) is 185 Å². The van der Waals surface area contributed by atoms with E-state index in [1.54, 1.807) is 10.9 Å². The molecular formula is C24H37N5O8S. The molecule has 2 rings (SSSR count). The lowest BCUT2D eigenvalue weighted by Crippen LogP contribution is -2.49. The molecule has 5 N–H and O–H groups in total. The third-order valence-corrected chi connectivity index (χ3v) is 6.85. The van der Waals surface area contributed by atoms with Crippen molar-refractivity contribution in [3.05, 3.63) is 11.1 Å². The summed E-state index contributed by atoms with van der Waals surface area (Å²) in [6.07, 6.45) is 1.50. The van der Waals surface area contributed by atoms with E-state index in [-0.39, 0.29) is 36.9 Å². The van der Waals surface area contributed by atoms with Gasteiger partial charge in [-0.15, -0.1) is 11.3 Å². The first-order valence-corrected chi connectivity index (χ1v) is 13.5. The van der Waals surface area contributed by atoms with Gasteiger partial charge in [0.15, 0.2) is 5.13 Å². The fraction of sp³-hybridized carbons (Fsp3) is 0.667. The van der Waals surface area contributed by atoms with Gasteiger partial charge in [-0.1, -0.05) is 13.8 Å². The zero-order chi connectivity index (χ0) is 28.1. The monoisotopic (exact) mass is 555 g/mol. The number of hydroxylamine groups is 1. The molecule has 3 atom stereocenters. The van der Waals surface area contributed by atoms with Gasteiger partial charge in [0.1, 0.15) is 6.04 Å². The molecule has 1 aliphatic rings. The zero-order valence-electron chi connectivity index (χ0n) is 21.9. The lowest BCUT2D eigenvalue weighted by atomic mass is 9.81. The van der Waals surface area contributed by atoms with Crippen LogP contribution in [0.1, 0.15) is 58.1 Å². The largest absolute Gasteiger partial charge is 0.469 e. The smallest absolute Gasteiger partial charge is 0.407 e. The van der Waals surface area contributed by atoms with E-state index in [9.17, 15) is 29.2 Å². The predicted octanol–water partition coefficient (Wildman–Crippen LogP) is 1.76. The number of ether oxygens (including phenoxy) is 2. The molecule has 13 nitrogen and oxygen atoms in total. The Bertz CT molecular complexity index is 969. The first-order chi connectivity index (χ1) is 18.1. The van der Waals surface area contributed by atoms with Crippen molar-refractivity contribution < 1.29 is 38.7 Å². The average Bonchev–Trinajstić information content (AvgIpc) is 3.31. The molecule has 1 aliphatic heterocycles. The SMILES string of the molecule is COC(=O)Cc1csc(NC(=O)[C@@H]2CCCCNC(=O)OCCC[C@H](C(=O)NO)[C@@H](CC(C)C)C(=O)N2)n1. The van der Waals surface area contributed by atoms with Crippen LogP contribution in [0.5, 0.6) is 0 Å². The van der Waals surface area contributed by atoms with Gasteiger partial charge in [-0.3, -0.25) is 24.4 Å². The molecule has 0 radical (unpaired) electrons. The zero-order valence-corrected chi connectivity index (χ0v) is 22.7. The molecule has 14 heteroatoms. The van der Waals surface area contributed by atoms with E-state index in [1.165, 1.54) is 7.11 Å². The summed E-state index contributed by atoms with van der Waals surface area (Å²) in [5, 5.41) is 19.3. The second-order valence-corrected chi connectivity index (χ2v) is 10.3. The molecule has 4 amide bonds. The number of hydrogen-bond donors (Lipinski definition) is 5. The van der Waals surface area contributed by atoms with Crippen molar-refractivity contribution in [2.75, 3.05) is 25.6 Å². The maximum absolute atomic E-state index is 13.5. The van der Waals surface area contributed by atoms with E-state index in [0.29, 0.717) is 37.9 Å².